The predicted octanol–water partition coefficient (Wildman–Crippen LogP) is 0.462. The molecule has 0 bridgehead atoms. The molecule has 1 saturated heterocycles. The lowest BCUT2D eigenvalue weighted by Crippen LogP contribution is -2.54. The quantitative estimate of drug-likeness (QED) is 0.165. The summed E-state index contributed by atoms with van der Waals surface area (Å²) in [6.45, 7) is 1.32. The molecular weight excluding hydrogens is 492 g/mol. The Morgan fingerprint density at radius 3 is 2.42 bits per heavy atom. The fraction of sp³-hybridized carbons (Fsp3) is 0.346. The maximum atomic E-state index is 13.6. The Bertz CT molecular complexity index is 1310. The summed E-state index contributed by atoms with van der Waals surface area (Å²) >= 11 is 0. The van der Waals surface area contributed by atoms with Gasteiger partial charge in [0.15, 0.2) is 5.78 Å². The molecule has 2 heterocycles. The molecule has 12 nitrogen and oxygen atoms in total. The Kier molecular flexibility index (Phi) is 7.51. The average Bonchev–Trinajstić information content (AvgIpc) is 3.51. The van der Waals surface area contributed by atoms with Crippen LogP contribution in [0, 0.1) is 0 Å². The number of aliphatic hydroxyl groups excluding tert-OH is 3. The number of urea groups is 1. The molecule has 7 N–H and O–H groups in total. The number of ether oxygens (including phenoxy) is 1. The van der Waals surface area contributed by atoms with Crippen LogP contribution in [-0.2, 0) is 11.3 Å². The van der Waals surface area contributed by atoms with E-state index in [-0.39, 0.29) is 5.78 Å². The number of amides is 2. The number of H-pyrrole nitrogens is 1. The summed E-state index contributed by atoms with van der Waals surface area (Å²) in [7, 11) is 0. The highest BCUT2D eigenvalue weighted by Crippen LogP contribution is 2.42. The molecular formula is C26H30N6O6. The van der Waals surface area contributed by atoms with Gasteiger partial charge in [-0.2, -0.15) is 5.10 Å². The standard InChI is InChI=1S/C26H30N6O6/c33-13-26(14-34,15-35)27-12-16-4-6-17(7-5-16)22-21-23(30-29-22)18-2-1-3-19(20(18)24(21)36)28-25(37)31-32-8-10-38-11-9-32/h1-7,27,33-35H,8-15H2,(H,29,30)(H2,28,31,37). The van der Waals surface area contributed by atoms with E-state index in [2.05, 4.69) is 26.3 Å². The smallest absolute Gasteiger partial charge is 0.333 e. The number of carbonyl (C=O) groups excluding carboxylic acids is 2. The van der Waals surface area contributed by atoms with Crippen LogP contribution in [0.3, 0.4) is 0 Å². The zero-order chi connectivity index (χ0) is 26.7. The number of hydrogen-bond donors (Lipinski definition) is 7. The molecule has 2 aliphatic rings. The molecule has 0 radical (unpaired) electrons. The highest BCUT2D eigenvalue weighted by atomic mass is 16.5. The third-order valence-electron chi connectivity index (χ3n) is 6.88. The number of fused-ring (bicyclic) bond motifs is 3. The normalized spacial score (nSPS) is 15.3. The first-order valence-corrected chi connectivity index (χ1v) is 12.3. The molecule has 200 valence electrons. The van der Waals surface area contributed by atoms with Crippen molar-refractivity contribution in [2.75, 3.05) is 51.4 Å². The summed E-state index contributed by atoms with van der Waals surface area (Å²) in [5.41, 5.74) is 6.20. The number of rotatable bonds is 9. The number of hydrazine groups is 1. The molecule has 0 spiro atoms. The van der Waals surface area contributed by atoms with Gasteiger partial charge in [-0.05, 0) is 11.6 Å². The summed E-state index contributed by atoms with van der Waals surface area (Å²) in [4.78, 5) is 26.2. The number of aromatic nitrogens is 2. The first kappa shape index (κ1) is 26.0. The van der Waals surface area contributed by atoms with Crippen molar-refractivity contribution >= 4 is 17.5 Å². The number of aromatic amines is 1. The minimum atomic E-state index is -1.17. The molecule has 38 heavy (non-hydrogen) atoms. The molecule has 2 amide bonds. The zero-order valence-electron chi connectivity index (χ0n) is 20.7. The van der Waals surface area contributed by atoms with Gasteiger partial charge in [0.25, 0.3) is 0 Å². The molecule has 0 saturated carbocycles. The van der Waals surface area contributed by atoms with Crippen molar-refractivity contribution in [3.05, 3.63) is 59.2 Å². The van der Waals surface area contributed by atoms with E-state index in [9.17, 15) is 24.9 Å². The van der Waals surface area contributed by atoms with Crippen LogP contribution in [0.2, 0.25) is 0 Å². The zero-order valence-corrected chi connectivity index (χ0v) is 20.7. The lowest BCUT2D eigenvalue weighted by Gasteiger charge is -2.28. The van der Waals surface area contributed by atoms with E-state index in [1.165, 1.54) is 0 Å². The number of carbonyl (C=O) groups is 2. The third kappa shape index (κ3) is 4.92. The van der Waals surface area contributed by atoms with Gasteiger partial charge in [0.1, 0.15) is 5.69 Å². The largest absolute Gasteiger partial charge is 0.394 e. The molecule has 2 aromatic carbocycles. The number of aliphatic hydroxyl groups is 3. The van der Waals surface area contributed by atoms with E-state index in [4.69, 9.17) is 4.74 Å². The molecule has 0 unspecified atom stereocenters. The van der Waals surface area contributed by atoms with Crippen molar-refractivity contribution in [2.45, 2.75) is 12.1 Å². The summed E-state index contributed by atoms with van der Waals surface area (Å²) in [5, 5.41) is 43.4. The summed E-state index contributed by atoms with van der Waals surface area (Å²) in [6, 6.07) is 12.2. The van der Waals surface area contributed by atoms with Gasteiger partial charge >= 0.3 is 6.03 Å². The highest BCUT2D eigenvalue weighted by Gasteiger charge is 2.35. The summed E-state index contributed by atoms with van der Waals surface area (Å²) < 4.78 is 5.30. The monoisotopic (exact) mass is 522 g/mol. The maximum Gasteiger partial charge on any atom is 0.333 e. The molecule has 5 rings (SSSR count). The van der Waals surface area contributed by atoms with Crippen LogP contribution in [0.25, 0.3) is 22.5 Å². The Hall–Kier alpha value is -3.65. The van der Waals surface area contributed by atoms with Gasteiger partial charge in [-0.3, -0.25) is 15.3 Å². The Morgan fingerprint density at radius 1 is 1.03 bits per heavy atom. The predicted molar refractivity (Wildman–Crippen MR) is 138 cm³/mol. The van der Waals surface area contributed by atoms with E-state index in [1.54, 1.807) is 23.2 Å². The molecule has 1 aromatic heterocycles. The SMILES string of the molecule is O=C(Nc1cccc2c1C(=O)c1c-2n[nH]c1-c1ccc(CNC(CO)(CO)CO)cc1)NN1CCOCC1. The molecule has 12 heteroatoms. The minimum absolute atomic E-state index is 0.231. The van der Waals surface area contributed by atoms with Crippen LogP contribution < -0.4 is 16.1 Å². The number of nitrogens with zero attached hydrogens (tertiary/aromatic N) is 2. The van der Waals surface area contributed by atoms with Gasteiger partial charge in [-0.25, -0.2) is 9.80 Å². The van der Waals surface area contributed by atoms with E-state index in [1.807, 2.05) is 24.3 Å². The lowest BCUT2D eigenvalue weighted by atomic mass is 10.0. The van der Waals surface area contributed by atoms with Crippen molar-refractivity contribution in [3.8, 4) is 22.5 Å². The topological polar surface area (TPSA) is 172 Å². The van der Waals surface area contributed by atoms with Crippen molar-refractivity contribution in [1.82, 2.24) is 25.9 Å². The second-order valence-electron chi connectivity index (χ2n) is 9.35. The fourth-order valence-electron chi connectivity index (χ4n) is 4.56. The number of ketones is 1. The van der Waals surface area contributed by atoms with Gasteiger partial charge in [-0.1, -0.05) is 36.4 Å². The first-order valence-electron chi connectivity index (χ1n) is 12.3. The number of benzene rings is 2. The minimum Gasteiger partial charge on any atom is -0.394 e. The second-order valence-corrected chi connectivity index (χ2v) is 9.35. The molecule has 1 aliphatic carbocycles. The van der Waals surface area contributed by atoms with Gasteiger partial charge < -0.3 is 30.7 Å². The van der Waals surface area contributed by atoms with Gasteiger partial charge in [0.05, 0.1) is 61.1 Å². The molecule has 3 aromatic rings. The van der Waals surface area contributed by atoms with Gasteiger partial charge in [0, 0.05) is 30.8 Å². The average molecular weight is 523 g/mol. The molecule has 1 fully saturated rings. The van der Waals surface area contributed by atoms with E-state index < -0.39 is 31.4 Å². The summed E-state index contributed by atoms with van der Waals surface area (Å²) in [6.07, 6.45) is 0. The number of hydrogen-bond acceptors (Lipinski definition) is 9. The van der Waals surface area contributed by atoms with Gasteiger partial charge in [0.2, 0.25) is 0 Å². The van der Waals surface area contributed by atoms with E-state index in [0.717, 1.165) is 11.1 Å². The second kappa shape index (κ2) is 11.0. The Balaban J connectivity index is 1.33. The fourth-order valence-corrected chi connectivity index (χ4v) is 4.56. The van der Waals surface area contributed by atoms with Gasteiger partial charge in [-0.15, -0.1) is 0 Å². The first-order chi connectivity index (χ1) is 18.5. The van der Waals surface area contributed by atoms with Crippen LogP contribution >= 0.6 is 0 Å². The van der Waals surface area contributed by atoms with Crippen molar-refractivity contribution in [2.24, 2.45) is 0 Å². The van der Waals surface area contributed by atoms with Crippen LogP contribution in [0.5, 0.6) is 0 Å². The summed E-state index contributed by atoms with van der Waals surface area (Å²) in [5.74, 6) is -0.231. The van der Waals surface area contributed by atoms with Crippen LogP contribution in [0.1, 0.15) is 21.5 Å². The van der Waals surface area contributed by atoms with Crippen LogP contribution in [-0.4, -0.2) is 94.0 Å². The van der Waals surface area contributed by atoms with Crippen molar-refractivity contribution in [1.29, 1.82) is 0 Å². The number of morpholine rings is 1. The van der Waals surface area contributed by atoms with Crippen LogP contribution in [0.15, 0.2) is 42.5 Å². The Morgan fingerprint density at radius 2 is 1.74 bits per heavy atom. The van der Waals surface area contributed by atoms with Crippen molar-refractivity contribution < 1.29 is 29.6 Å². The maximum absolute atomic E-state index is 13.6. The van der Waals surface area contributed by atoms with Crippen molar-refractivity contribution in [3.63, 3.8) is 0 Å². The highest BCUT2D eigenvalue weighted by molar-refractivity contribution is 6.26. The lowest BCUT2D eigenvalue weighted by molar-refractivity contribution is 0.0207. The van der Waals surface area contributed by atoms with Crippen LogP contribution in [0.4, 0.5) is 10.5 Å². The number of nitrogens with one attached hydrogen (secondary N) is 4. The molecule has 1 aliphatic heterocycles. The van der Waals surface area contributed by atoms with E-state index >= 15 is 0 Å². The third-order valence-corrected chi connectivity index (χ3v) is 6.88. The Labute approximate surface area is 218 Å². The molecule has 0 atom stereocenters. The number of anilines is 1. The van der Waals surface area contributed by atoms with E-state index in [0.29, 0.717) is 66.6 Å².